The molecule has 1 aromatic heterocycles. The van der Waals surface area contributed by atoms with Crippen molar-refractivity contribution in [3.05, 3.63) is 71.7 Å². The van der Waals surface area contributed by atoms with Gasteiger partial charge in [-0.05, 0) is 48.5 Å². The maximum Gasteiger partial charge on any atom is 0.418 e. The first kappa shape index (κ1) is 22.7. The molecule has 0 fully saturated rings. The van der Waals surface area contributed by atoms with Gasteiger partial charge in [-0.1, -0.05) is 0 Å². The fraction of sp³-hybridized carbons (Fsp3) is 0.182. The minimum atomic E-state index is -4.78. The summed E-state index contributed by atoms with van der Waals surface area (Å²) in [5.41, 5.74) is -1.22. The fourth-order valence-corrected chi connectivity index (χ4v) is 2.95. The summed E-state index contributed by atoms with van der Waals surface area (Å²) in [5.74, 6) is -0.572. The van der Waals surface area contributed by atoms with Crippen LogP contribution in [0.15, 0.2) is 59.2 Å². The molecule has 2 aromatic carbocycles. The summed E-state index contributed by atoms with van der Waals surface area (Å²) < 4.78 is 56.1. The molecule has 0 spiro atoms. The standard InChI is InChI=1S/C22H19F3N2O5/c1-30-15-6-8-18(31-2)13(10-15)11-20(28)27-17-7-5-14(12-16(17)22(23,24)25)26-21(29)19-4-3-9-32-19/h3-10,12H,11H2,1-2H3,(H,26,29)(H,27,28). The first-order valence-electron chi connectivity index (χ1n) is 9.28. The van der Waals surface area contributed by atoms with Gasteiger partial charge >= 0.3 is 6.18 Å². The number of ether oxygens (including phenoxy) is 2. The summed E-state index contributed by atoms with van der Waals surface area (Å²) in [4.78, 5) is 24.5. The predicted octanol–water partition coefficient (Wildman–Crippen LogP) is 4.75. The van der Waals surface area contributed by atoms with Crippen molar-refractivity contribution in [3.63, 3.8) is 0 Å². The van der Waals surface area contributed by atoms with Gasteiger partial charge in [0.15, 0.2) is 5.76 Å². The van der Waals surface area contributed by atoms with Crippen molar-refractivity contribution < 1.29 is 36.7 Å². The van der Waals surface area contributed by atoms with Crippen molar-refractivity contribution in [1.82, 2.24) is 0 Å². The van der Waals surface area contributed by atoms with E-state index in [1.807, 2.05) is 0 Å². The maximum atomic E-state index is 13.6. The Bertz CT molecular complexity index is 1110. The number of amides is 2. The summed E-state index contributed by atoms with van der Waals surface area (Å²) in [7, 11) is 2.87. The average Bonchev–Trinajstić information content (AvgIpc) is 3.29. The van der Waals surface area contributed by atoms with Crippen molar-refractivity contribution in [2.45, 2.75) is 12.6 Å². The van der Waals surface area contributed by atoms with Gasteiger partial charge in [0.1, 0.15) is 11.5 Å². The molecule has 1 heterocycles. The lowest BCUT2D eigenvalue weighted by Gasteiger charge is -2.16. The van der Waals surface area contributed by atoms with Crippen LogP contribution in [0.2, 0.25) is 0 Å². The molecule has 0 saturated carbocycles. The van der Waals surface area contributed by atoms with Gasteiger partial charge in [0.25, 0.3) is 5.91 Å². The smallest absolute Gasteiger partial charge is 0.418 e. The highest BCUT2D eigenvalue weighted by Gasteiger charge is 2.34. The number of nitrogens with one attached hydrogen (secondary N) is 2. The highest BCUT2D eigenvalue weighted by molar-refractivity contribution is 6.02. The van der Waals surface area contributed by atoms with Crippen molar-refractivity contribution in [1.29, 1.82) is 0 Å². The maximum absolute atomic E-state index is 13.6. The van der Waals surface area contributed by atoms with Crippen molar-refractivity contribution >= 4 is 23.2 Å². The van der Waals surface area contributed by atoms with E-state index in [0.717, 1.165) is 12.1 Å². The molecule has 0 radical (unpaired) electrons. The third kappa shape index (κ3) is 5.39. The normalized spacial score (nSPS) is 11.0. The van der Waals surface area contributed by atoms with Gasteiger partial charge in [0.05, 0.1) is 38.2 Å². The molecule has 7 nitrogen and oxygen atoms in total. The Hall–Kier alpha value is -3.95. The number of anilines is 2. The van der Waals surface area contributed by atoms with Crippen molar-refractivity contribution in [3.8, 4) is 11.5 Å². The first-order valence-corrected chi connectivity index (χ1v) is 9.28. The highest BCUT2D eigenvalue weighted by Crippen LogP contribution is 2.37. The molecule has 0 bridgehead atoms. The Kier molecular flexibility index (Phi) is 6.72. The number of carbonyl (C=O) groups excluding carboxylic acids is 2. The summed E-state index contributed by atoms with van der Waals surface area (Å²) in [5, 5.41) is 4.61. The molecule has 3 rings (SSSR count). The lowest BCUT2D eigenvalue weighted by atomic mass is 10.1. The van der Waals surface area contributed by atoms with E-state index in [2.05, 4.69) is 10.6 Å². The largest absolute Gasteiger partial charge is 0.497 e. The van der Waals surface area contributed by atoms with E-state index in [9.17, 15) is 22.8 Å². The monoisotopic (exact) mass is 448 g/mol. The number of halogens is 3. The highest BCUT2D eigenvalue weighted by atomic mass is 19.4. The Morgan fingerprint density at radius 1 is 1.00 bits per heavy atom. The fourth-order valence-electron chi connectivity index (χ4n) is 2.95. The zero-order valence-corrected chi connectivity index (χ0v) is 17.1. The third-order valence-corrected chi connectivity index (χ3v) is 4.44. The molecule has 2 N–H and O–H groups in total. The van der Waals surface area contributed by atoms with Gasteiger partial charge in [-0.2, -0.15) is 13.2 Å². The van der Waals surface area contributed by atoms with Gasteiger partial charge in [-0.3, -0.25) is 9.59 Å². The molecule has 0 atom stereocenters. The molecule has 0 unspecified atom stereocenters. The summed E-state index contributed by atoms with van der Waals surface area (Å²) in [6.45, 7) is 0. The van der Waals surface area contributed by atoms with Crippen molar-refractivity contribution in [2.75, 3.05) is 24.9 Å². The number of alkyl halides is 3. The Labute approximate surface area is 181 Å². The van der Waals surface area contributed by atoms with Gasteiger partial charge < -0.3 is 24.5 Å². The summed E-state index contributed by atoms with van der Waals surface area (Å²) in [6, 6.07) is 10.7. The molecule has 168 valence electrons. The first-order chi connectivity index (χ1) is 15.2. The molecule has 3 aromatic rings. The molecule has 0 aliphatic carbocycles. The molecule has 0 aliphatic heterocycles. The Morgan fingerprint density at radius 3 is 2.41 bits per heavy atom. The minimum absolute atomic E-state index is 0.0526. The van der Waals surface area contributed by atoms with Crippen LogP contribution < -0.4 is 20.1 Å². The van der Waals surface area contributed by atoms with Crippen LogP contribution in [0.4, 0.5) is 24.5 Å². The predicted molar refractivity (Wildman–Crippen MR) is 110 cm³/mol. The third-order valence-electron chi connectivity index (χ3n) is 4.44. The summed E-state index contributed by atoms with van der Waals surface area (Å²) in [6.07, 6.45) is -3.75. The SMILES string of the molecule is COc1ccc(OC)c(CC(=O)Nc2ccc(NC(=O)c3ccco3)cc2C(F)(F)F)c1. The van der Waals surface area contributed by atoms with Crippen LogP contribution in [0.5, 0.6) is 11.5 Å². The number of furan rings is 1. The van der Waals surface area contributed by atoms with Crippen molar-refractivity contribution in [2.24, 2.45) is 0 Å². The number of carbonyl (C=O) groups is 2. The molecule has 0 saturated heterocycles. The number of hydrogen-bond donors (Lipinski definition) is 2. The van der Waals surface area contributed by atoms with Gasteiger partial charge in [0.2, 0.25) is 5.91 Å². The molecular formula is C22H19F3N2O5. The second kappa shape index (κ2) is 9.46. The second-order valence-corrected chi connectivity index (χ2v) is 6.59. The van der Waals surface area contributed by atoms with E-state index < -0.39 is 29.2 Å². The average molecular weight is 448 g/mol. The molecule has 2 amide bonds. The van der Waals surface area contributed by atoms with Crippen LogP contribution in [0.1, 0.15) is 21.7 Å². The van der Waals surface area contributed by atoms with Gasteiger partial charge in [0, 0.05) is 11.3 Å². The van der Waals surface area contributed by atoms with Gasteiger partial charge in [-0.25, -0.2) is 0 Å². The molecule has 32 heavy (non-hydrogen) atoms. The van der Waals surface area contributed by atoms with E-state index in [1.165, 1.54) is 38.7 Å². The zero-order chi connectivity index (χ0) is 23.3. The minimum Gasteiger partial charge on any atom is -0.497 e. The summed E-state index contributed by atoms with van der Waals surface area (Å²) >= 11 is 0. The van der Waals surface area contributed by atoms with Crippen LogP contribution in [0, 0.1) is 0 Å². The number of methoxy groups -OCH3 is 2. The van der Waals surface area contributed by atoms with Gasteiger partial charge in [-0.15, -0.1) is 0 Å². The Morgan fingerprint density at radius 2 is 1.78 bits per heavy atom. The van der Waals surface area contributed by atoms with Crippen LogP contribution >= 0.6 is 0 Å². The van der Waals surface area contributed by atoms with Crippen LogP contribution in [-0.4, -0.2) is 26.0 Å². The number of rotatable bonds is 7. The zero-order valence-electron chi connectivity index (χ0n) is 17.1. The molecular weight excluding hydrogens is 429 g/mol. The molecule has 10 heteroatoms. The van der Waals surface area contributed by atoms with E-state index in [4.69, 9.17) is 13.9 Å². The number of benzene rings is 2. The topological polar surface area (TPSA) is 89.8 Å². The van der Waals surface area contributed by atoms with E-state index in [0.29, 0.717) is 17.1 Å². The molecule has 0 aliphatic rings. The van der Waals surface area contributed by atoms with Crippen LogP contribution in [0.25, 0.3) is 0 Å². The number of hydrogen-bond acceptors (Lipinski definition) is 5. The van der Waals surface area contributed by atoms with E-state index in [1.54, 1.807) is 18.2 Å². The Balaban J connectivity index is 1.81. The second-order valence-electron chi connectivity index (χ2n) is 6.59. The quantitative estimate of drug-likeness (QED) is 0.545. The van der Waals surface area contributed by atoms with E-state index >= 15 is 0 Å². The van der Waals surface area contributed by atoms with Crippen LogP contribution in [0.3, 0.4) is 0 Å². The lowest BCUT2D eigenvalue weighted by molar-refractivity contribution is -0.136. The van der Waals surface area contributed by atoms with Crippen LogP contribution in [-0.2, 0) is 17.4 Å². The van der Waals surface area contributed by atoms with E-state index in [-0.39, 0.29) is 17.9 Å². The lowest BCUT2D eigenvalue weighted by Crippen LogP contribution is -2.19.